The van der Waals surface area contributed by atoms with Gasteiger partial charge in [0.1, 0.15) is 19.0 Å². The Morgan fingerprint density at radius 1 is 1.13 bits per heavy atom. The number of fused-ring (bicyclic) bond motifs is 1. The molecule has 8 nitrogen and oxygen atoms in total. The minimum atomic E-state index is -3.53. The van der Waals surface area contributed by atoms with Gasteiger partial charge in [0.2, 0.25) is 15.9 Å². The average Bonchev–Trinajstić information content (AvgIpc) is 2.71. The smallest absolute Gasteiger partial charge is 0.232 e. The van der Waals surface area contributed by atoms with Crippen LogP contribution in [0.2, 0.25) is 0 Å². The molecular weight excluding hydrogens is 408 g/mol. The van der Waals surface area contributed by atoms with Crippen LogP contribution in [0, 0.1) is 0 Å². The van der Waals surface area contributed by atoms with Crippen molar-refractivity contribution >= 4 is 27.3 Å². The number of rotatable bonds is 9. The number of anilines is 2. The van der Waals surface area contributed by atoms with Crippen LogP contribution in [0.5, 0.6) is 17.2 Å². The molecule has 0 aliphatic carbocycles. The molecule has 0 saturated carbocycles. The van der Waals surface area contributed by atoms with Gasteiger partial charge >= 0.3 is 0 Å². The van der Waals surface area contributed by atoms with Gasteiger partial charge in [0, 0.05) is 24.7 Å². The molecule has 0 radical (unpaired) electrons. The molecule has 1 heterocycles. The number of amides is 1. The van der Waals surface area contributed by atoms with E-state index in [1.807, 2.05) is 6.92 Å². The van der Waals surface area contributed by atoms with Gasteiger partial charge in [-0.3, -0.25) is 9.10 Å². The third kappa shape index (κ3) is 5.56. The summed E-state index contributed by atoms with van der Waals surface area (Å²) in [5.41, 5.74) is 1.07. The summed E-state index contributed by atoms with van der Waals surface area (Å²) in [6.07, 6.45) is 1.66. The number of carbonyl (C=O) groups excluding carboxylic acids is 1. The zero-order valence-electron chi connectivity index (χ0n) is 17.1. The second kappa shape index (κ2) is 9.71. The quantitative estimate of drug-likeness (QED) is 0.652. The lowest BCUT2D eigenvalue weighted by atomic mass is 10.2. The Morgan fingerprint density at radius 2 is 1.87 bits per heavy atom. The Hall–Kier alpha value is -2.94. The second-order valence-electron chi connectivity index (χ2n) is 6.75. The van der Waals surface area contributed by atoms with Crippen molar-refractivity contribution in [1.82, 2.24) is 0 Å². The van der Waals surface area contributed by atoms with E-state index in [2.05, 4.69) is 5.32 Å². The molecule has 3 rings (SSSR count). The van der Waals surface area contributed by atoms with Crippen LogP contribution in [-0.4, -0.2) is 46.9 Å². The molecule has 162 valence electrons. The average molecular weight is 435 g/mol. The van der Waals surface area contributed by atoms with Crippen molar-refractivity contribution in [3.05, 3.63) is 42.5 Å². The highest BCUT2D eigenvalue weighted by molar-refractivity contribution is 7.92. The van der Waals surface area contributed by atoms with E-state index >= 15 is 0 Å². The van der Waals surface area contributed by atoms with Gasteiger partial charge in [-0.2, -0.15) is 0 Å². The van der Waals surface area contributed by atoms with Crippen LogP contribution in [0.3, 0.4) is 0 Å². The first kappa shape index (κ1) is 21.8. The number of nitrogens with one attached hydrogen (secondary N) is 1. The van der Waals surface area contributed by atoms with Crippen LogP contribution in [-0.2, 0) is 14.8 Å². The summed E-state index contributed by atoms with van der Waals surface area (Å²) < 4.78 is 42.5. The van der Waals surface area contributed by atoms with Crippen molar-refractivity contribution < 1.29 is 27.4 Å². The van der Waals surface area contributed by atoms with Crippen molar-refractivity contribution in [2.24, 2.45) is 0 Å². The van der Waals surface area contributed by atoms with Crippen LogP contribution >= 0.6 is 0 Å². The number of benzene rings is 2. The van der Waals surface area contributed by atoms with Crippen LogP contribution < -0.4 is 23.8 Å². The maximum atomic E-state index is 12.3. The topological polar surface area (TPSA) is 94.2 Å². The van der Waals surface area contributed by atoms with E-state index in [1.54, 1.807) is 42.5 Å². The highest BCUT2D eigenvalue weighted by atomic mass is 32.2. The van der Waals surface area contributed by atoms with Gasteiger partial charge in [0.25, 0.3) is 0 Å². The molecule has 9 heteroatoms. The largest absolute Gasteiger partial charge is 0.492 e. The Morgan fingerprint density at radius 3 is 2.60 bits per heavy atom. The third-order valence-electron chi connectivity index (χ3n) is 4.43. The molecule has 0 aromatic heterocycles. The van der Waals surface area contributed by atoms with Crippen LogP contribution in [0.1, 0.15) is 19.8 Å². The first-order valence-corrected chi connectivity index (χ1v) is 11.6. The first-order chi connectivity index (χ1) is 14.4. The van der Waals surface area contributed by atoms with Gasteiger partial charge in [-0.25, -0.2) is 8.42 Å². The highest BCUT2D eigenvalue weighted by Gasteiger charge is 2.21. The number of para-hydroxylation sites is 2. The summed E-state index contributed by atoms with van der Waals surface area (Å²) >= 11 is 0. The number of nitrogens with zero attached hydrogens (tertiary/aromatic N) is 1. The Balaban J connectivity index is 1.61. The molecule has 0 bridgehead atoms. The molecular formula is C21H26N2O6S. The zero-order chi connectivity index (χ0) is 21.6. The maximum absolute atomic E-state index is 12.3. The molecule has 0 fully saturated rings. The lowest BCUT2D eigenvalue weighted by molar-refractivity contribution is -0.116. The van der Waals surface area contributed by atoms with Crippen molar-refractivity contribution in [3.63, 3.8) is 0 Å². The molecule has 1 amide bonds. The Kier molecular flexibility index (Phi) is 7.04. The van der Waals surface area contributed by atoms with Crippen molar-refractivity contribution in [2.45, 2.75) is 19.8 Å². The molecule has 2 aromatic rings. The van der Waals surface area contributed by atoms with Gasteiger partial charge in [0.05, 0.1) is 18.6 Å². The Labute approximate surface area is 176 Å². The number of sulfonamides is 1. The van der Waals surface area contributed by atoms with Crippen molar-refractivity contribution in [3.8, 4) is 17.2 Å². The molecule has 0 saturated heterocycles. The van der Waals surface area contributed by atoms with E-state index in [9.17, 15) is 13.2 Å². The van der Waals surface area contributed by atoms with E-state index in [-0.39, 0.29) is 18.9 Å². The van der Waals surface area contributed by atoms with Crippen LogP contribution in [0.4, 0.5) is 11.4 Å². The van der Waals surface area contributed by atoms with E-state index in [0.29, 0.717) is 54.9 Å². The second-order valence-corrected chi connectivity index (χ2v) is 8.65. The Bertz CT molecular complexity index is 993. The highest BCUT2D eigenvalue weighted by Crippen LogP contribution is 2.33. The SMILES string of the molecule is CCOc1ccccc1N(CCCC(=O)Nc1ccc2c(c1)OCCO2)S(C)(=O)=O. The summed E-state index contributed by atoms with van der Waals surface area (Å²) in [6, 6.07) is 12.2. The zero-order valence-corrected chi connectivity index (χ0v) is 17.9. The predicted molar refractivity (Wildman–Crippen MR) is 115 cm³/mol. The summed E-state index contributed by atoms with van der Waals surface area (Å²) in [4.78, 5) is 12.3. The van der Waals surface area contributed by atoms with E-state index in [0.717, 1.165) is 6.26 Å². The van der Waals surface area contributed by atoms with E-state index in [4.69, 9.17) is 14.2 Å². The summed E-state index contributed by atoms with van der Waals surface area (Å²) in [6.45, 7) is 3.39. The van der Waals surface area contributed by atoms with Gasteiger partial charge in [-0.05, 0) is 37.6 Å². The van der Waals surface area contributed by atoms with Crippen molar-refractivity contribution in [1.29, 1.82) is 0 Å². The monoisotopic (exact) mass is 434 g/mol. The van der Waals surface area contributed by atoms with Crippen molar-refractivity contribution in [2.75, 3.05) is 42.2 Å². The summed E-state index contributed by atoms with van der Waals surface area (Å²) in [5, 5.41) is 2.81. The van der Waals surface area contributed by atoms with Crippen LogP contribution in [0.25, 0.3) is 0 Å². The molecule has 30 heavy (non-hydrogen) atoms. The minimum Gasteiger partial charge on any atom is -0.492 e. The molecule has 0 spiro atoms. The fraction of sp³-hybridized carbons (Fsp3) is 0.381. The van der Waals surface area contributed by atoms with Gasteiger partial charge in [-0.1, -0.05) is 12.1 Å². The van der Waals surface area contributed by atoms with Crippen LogP contribution in [0.15, 0.2) is 42.5 Å². The van der Waals surface area contributed by atoms with Gasteiger partial charge < -0.3 is 19.5 Å². The first-order valence-electron chi connectivity index (χ1n) is 9.77. The lowest BCUT2D eigenvalue weighted by Gasteiger charge is -2.24. The predicted octanol–water partition coefficient (Wildman–Crippen LogP) is 3.04. The fourth-order valence-electron chi connectivity index (χ4n) is 3.13. The number of ether oxygens (including phenoxy) is 3. The molecule has 2 aromatic carbocycles. The normalized spacial score (nSPS) is 12.9. The summed E-state index contributed by atoms with van der Waals surface area (Å²) in [7, 11) is -3.53. The van der Waals surface area contributed by atoms with E-state index in [1.165, 1.54) is 4.31 Å². The van der Waals surface area contributed by atoms with E-state index < -0.39 is 10.0 Å². The number of hydrogen-bond donors (Lipinski definition) is 1. The third-order valence-corrected chi connectivity index (χ3v) is 5.61. The standard InChI is InChI=1S/C21H26N2O6S/c1-3-27-18-8-5-4-7-17(18)23(30(2,25)26)12-6-9-21(24)22-16-10-11-19-20(15-16)29-14-13-28-19/h4-5,7-8,10-11,15H,3,6,9,12-14H2,1-2H3,(H,22,24). The number of hydrogen-bond acceptors (Lipinski definition) is 6. The maximum Gasteiger partial charge on any atom is 0.232 e. The fourth-order valence-corrected chi connectivity index (χ4v) is 4.10. The summed E-state index contributed by atoms with van der Waals surface area (Å²) in [5.74, 6) is 1.52. The molecule has 0 atom stereocenters. The molecule has 1 aliphatic heterocycles. The molecule has 0 unspecified atom stereocenters. The van der Waals surface area contributed by atoms with Gasteiger partial charge in [0.15, 0.2) is 11.5 Å². The lowest BCUT2D eigenvalue weighted by Crippen LogP contribution is -2.31. The van der Waals surface area contributed by atoms with Gasteiger partial charge in [-0.15, -0.1) is 0 Å². The number of carbonyl (C=O) groups is 1. The molecule has 1 aliphatic rings. The molecule has 1 N–H and O–H groups in total. The minimum absolute atomic E-state index is 0.164.